The topological polar surface area (TPSA) is 228 Å². The average Bonchev–Trinajstić information content (AvgIpc) is 3.22. The van der Waals surface area contributed by atoms with Crippen molar-refractivity contribution in [2.75, 3.05) is 19.8 Å². The number of unbranched alkanes of at least 4 members (excludes halogenated alkanes) is 21. The van der Waals surface area contributed by atoms with Crippen molar-refractivity contribution in [2.24, 2.45) is 0 Å². The summed E-state index contributed by atoms with van der Waals surface area (Å²) in [5.41, 5.74) is 0. The molecular formula is C44H83NO13. The molecular weight excluding hydrogens is 750 g/mol. The number of aliphatic hydroxyl groups excluding tert-OH is 8. The van der Waals surface area contributed by atoms with Crippen LogP contribution in [0.5, 0.6) is 0 Å². The Morgan fingerprint density at radius 1 is 0.603 bits per heavy atom. The molecule has 12 unspecified atom stereocenters. The van der Waals surface area contributed by atoms with E-state index in [0.717, 1.165) is 38.5 Å². The van der Waals surface area contributed by atoms with Crippen molar-refractivity contribution in [1.29, 1.82) is 0 Å². The van der Waals surface area contributed by atoms with Crippen LogP contribution in [-0.2, 0) is 23.7 Å². The number of ether oxygens (including phenoxy) is 4. The summed E-state index contributed by atoms with van der Waals surface area (Å²) in [4.78, 5) is 12.8. The van der Waals surface area contributed by atoms with E-state index in [0.29, 0.717) is 6.42 Å². The number of hydrogen-bond acceptors (Lipinski definition) is 13. The first-order valence-corrected chi connectivity index (χ1v) is 22.9. The molecule has 0 aromatic heterocycles. The molecule has 0 aromatic carbocycles. The lowest BCUT2D eigenvalue weighted by atomic mass is 9.97. The molecule has 0 bridgehead atoms. The molecule has 14 nitrogen and oxygen atoms in total. The fraction of sp³-hybridized carbons (Fsp3) is 0.932. The molecule has 14 heteroatoms. The van der Waals surface area contributed by atoms with Gasteiger partial charge in [0.05, 0.1) is 32.0 Å². The van der Waals surface area contributed by atoms with Crippen LogP contribution in [0.25, 0.3) is 0 Å². The molecule has 2 aliphatic heterocycles. The van der Waals surface area contributed by atoms with Crippen molar-refractivity contribution in [2.45, 2.75) is 242 Å². The first-order valence-electron chi connectivity index (χ1n) is 22.9. The molecule has 9 N–H and O–H groups in total. The third-order valence-corrected chi connectivity index (χ3v) is 11.5. The molecule has 0 radical (unpaired) electrons. The summed E-state index contributed by atoms with van der Waals surface area (Å²) in [6.07, 6.45) is 14.8. The van der Waals surface area contributed by atoms with Crippen LogP contribution < -0.4 is 5.32 Å². The Morgan fingerprint density at radius 3 is 1.59 bits per heavy atom. The number of carbonyl (C=O) groups excluding carboxylic acids is 1. The largest absolute Gasteiger partial charge is 0.394 e. The van der Waals surface area contributed by atoms with E-state index < -0.39 is 86.8 Å². The van der Waals surface area contributed by atoms with Crippen LogP contribution in [-0.4, -0.2) is 140 Å². The van der Waals surface area contributed by atoms with Gasteiger partial charge in [-0.25, -0.2) is 0 Å². The van der Waals surface area contributed by atoms with Crippen molar-refractivity contribution in [3.05, 3.63) is 12.2 Å². The summed E-state index contributed by atoms with van der Waals surface area (Å²) in [7, 11) is 0. The smallest absolute Gasteiger partial charge is 0.220 e. The molecule has 58 heavy (non-hydrogen) atoms. The normalized spacial score (nSPS) is 28.9. The van der Waals surface area contributed by atoms with Crippen LogP contribution in [0.4, 0.5) is 0 Å². The van der Waals surface area contributed by atoms with Gasteiger partial charge in [0.2, 0.25) is 5.91 Å². The fourth-order valence-electron chi connectivity index (χ4n) is 7.64. The monoisotopic (exact) mass is 834 g/mol. The first kappa shape index (κ1) is 52.9. The fourth-order valence-corrected chi connectivity index (χ4v) is 7.64. The highest BCUT2D eigenvalue weighted by molar-refractivity contribution is 5.76. The second-order valence-electron chi connectivity index (χ2n) is 16.5. The van der Waals surface area contributed by atoms with Gasteiger partial charge < -0.3 is 65.1 Å². The van der Waals surface area contributed by atoms with Crippen LogP contribution in [0.15, 0.2) is 12.2 Å². The Hall–Kier alpha value is -1.27. The van der Waals surface area contributed by atoms with Gasteiger partial charge >= 0.3 is 0 Å². The lowest BCUT2D eigenvalue weighted by molar-refractivity contribution is -0.359. The van der Waals surface area contributed by atoms with Gasteiger partial charge in [0, 0.05) is 6.42 Å². The minimum Gasteiger partial charge on any atom is -0.394 e. The zero-order valence-corrected chi connectivity index (χ0v) is 35.8. The van der Waals surface area contributed by atoms with Crippen molar-refractivity contribution in [3.8, 4) is 0 Å². The molecule has 0 saturated carbocycles. The second kappa shape index (κ2) is 32.4. The maximum Gasteiger partial charge on any atom is 0.220 e. The number of rotatable bonds is 34. The number of aliphatic hydroxyl groups is 8. The van der Waals surface area contributed by atoms with E-state index in [1.807, 2.05) is 6.08 Å². The minimum atomic E-state index is -1.78. The number of allylic oxidation sites excluding steroid dienone is 1. The van der Waals surface area contributed by atoms with Gasteiger partial charge in [-0.05, 0) is 19.3 Å². The van der Waals surface area contributed by atoms with Crippen LogP contribution in [0, 0.1) is 0 Å². The second-order valence-corrected chi connectivity index (χ2v) is 16.5. The van der Waals surface area contributed by atoms with E-state index in [9.17, 15) is 45.6 Å². The molecule has 2 rings (SSSR count). The Labute approximate surface area is 348 Å². The van der Waals surface area contributed by atoms with E-state index in [-0.39, 0.29) is 18.9 Å². The lowest BCUT2D eigenvalue weighted by Crippen LogP contribution is -2.65. The number of nitrogens with one attached hydrogen (secondary N) is 1. The van der Waals surface area contributed by atoms with Crippen LogP contribution in [0.2, 0.25) is 0 Å². The van der Waals surface area contributed by atoms with Crippen LogP contribution >= 0.6 is 0 Å². The minimum absolute atomic E-state index is 0.257. The predicted molar refractivity (Wildman–Crippen MR) is 222 cm³/mol. The third kappa shape index (κ3) is 20.5. The van der Waals surface area contributed by atoms with Crippen molar-refractivity contribution in [1.82, 2.24) is 5.32 Å². The Balaban J connectivity index is 1.77. The zero-order chi connectivity index (χ0) is 42.5. The Morgan fingerprint density at radius 2 is 1.07 bits per heavy atom. The maximum absolute atomic E-state index is 12.8. The Bertz CT molecular complexity index is 1040. The number of hydrogen-bond donors (Lipinski definition) is 9. The van der Waals surface area contributed by atoms with Crippen LogP contribution in [0.3, 0.4) is 0 Å². The van der Waals surface area contributed by atoms with Gasteiger partial charge in [0.15, 0.2) is 12.6 Å². The average molecular weight is 834 g/mol. The highest BCUT2D eigenvalue weighted by atomic mass is 16.7. The van der Waals surface area contributed by atoms with Gasteiger partial charge in [0.25, 0.3) is 0 Å². The number of amides is 1. The third-order valence-electron chi connectivity index (χ3n) is 11.5. The standard InChI is InChI=1S/C44H83NO13/c1-3-5-7-9-10-11-12-13-14-15-16-17-18-19-20-21-22-23-24-25-27-33(48)32(45-36(49)28-26-8-6-4-2)31-55-43-41(54)39(52)42(35(30-47)57-43)58-44-40(53)38(51)37(50)34(29-46)56-44/h25,27,32-35,37-44,46-48,50-54H,3-24,26,28-31H2,1-2H3,(H,45,49)/b27-25+. The molecule has 2 saturated heterocycles. The zero-order valence-electron chi connectivity index (χ0n) is 35.8. The van der Waals surface area contributed by atoms with Crippen molar-refractivity contribution < 1.29 is 64.6 Å². The molecule has 0 aromatic rings. The summed E-state index contributed by atoms with van der Waals surface area (Å²) in [6.45, 7) is 2.64. The van der Waals surface area contributed by atoms with Gasteiger partial charge in [-0.1, -0.05) is 154 Å². The molecule has 0 spiro atoms. The highest BCUT2D eigenvalue weighted by Crippen LogP contribution is 2.30. The summed E-state index contributed by atoms with van der Waals surface area (Å²) < 4.78 is 22.5. The van der Waals surface area contributed by atoms with E-state index in [1.54, 1.807) is 6.08 Å². The lowest BCUT2D eigenvalue weighted by Gasteiger charge is -2.46. The molecule has 2 aliphatic rings. The Kier molecular flexibility index (Phi) is 29.6. The molecule has 12 atom stereocenters. The van der Waals surface area contributed by atoms with Crippen molar-refractivity contribution >= 4 is 5.91 Å². The van der Waals surface area contributed by atoms with Gasteiger partial charge in [-0.2, -0.15) is 0 Å². The molecule has 342 valence electrons. The summed E-state index contributed by atoms with van der Waals surface area (Å²) in [6, 6.07) is -0.904. The highest BCUT2D eigenvalue weighted by Gasteiger charge is 2.50. The van der Waals surface area contributed by atoms with Crippen molar-refractivity contribution in [3.63, 3.8) is 0 Å². The molecule has 0 aliphatic carbocycles. The maximum atomic E-state index is 12.8. The van der Waals surface area contributed by atoms with E-state index in [1.165, 1.54) is 103 Å². The summed E-state index contributed by atoms with van der Waals surface area (Å²) in [5.74, 6) is -0.257. The van der Waals surface area contributed by atoms with E-state index >= 15 is 0 Å². The first-order chi connectivity index (χ1) is 28.1. The number of carbonyl (C=O) groups is 1. The van der Waals surface area contributed by atoms with Gasteiger partial charge in [-0.3, -0.25) is 4.79 Å². The summed E-state index contributed by atoms with van der Waals surface area (Å²) in [5, 5.41) is 86.0. The van der Waals surface area contributed by atoms with Gasteiger partial charge in [0.1, 0.15) is 48.8 Å². The SMILES string of the molecule is CCCCCCCCCCCCCCCCCCCC/C=C/C(O)C(COC1OC(CO)C(OC2OC(CO)C(O)C(O)C2O)C(O)C1O)NC(=O)CCCCCC. The quantitative estimate of drug-likeness (QED) is 0.0324. The van der Waals surface area contributed by atoms with Crippen LogP contribution in [0.1, 0.15) is 168 Å². The summed E-state index contributed by atoms with van der Waals surface area (Å²) >= 11 is 0. The van der Waals surface area contributed by atoms with Gasteiger partial charge in [-0.15, -0.1) is 0 Å². The molecule has 2 fully saturated rings. The molecule has 1 amide bonds. The van der Waals surface area contributed by atoms with E-state index in [2.05, 4.69) is 19.2 Å². The predicted octanol–water partition coefficient (Wildman–Crippen LogP) is 4.43. The van der Waals surface area contributed by atoms with E-state index in [4.69, 9.17) is 18.9 Å². The molecule has 2 heterocycles.